The fourth-order valence-electron chi connectivity index (χ4n) is 0.982. The van der Waals surface area contributed by atoms with Crippen molar-refractivity contribution in [2.45, 2.75) is 39.0 Å². The summed E-state index contributed by atoms with van der Waals surface area (Å²) in [7, 11) is 0. The minimum absolute atomic E-state index is 0.0759. The molecule has 0 bridgehead atoms. The monoisotopic (exact) mass is 300 g/mol. The molecule has 0 aliphatic rings. The molecule has 0 atom stereocenters. The van der Waals surface area contributed by atoms with Crippen molar-refractivity contribution in [3.05, 3.63) is 0 Å². The van der Waals surface area contributed by atoms with Crippen LogP contribution in [0.15, 0.2) is 0 Å². The first-order valence-corrected chi connectivity index (χ1v) is 5.94. The molecule has 2 amide bonds. The van der Waals surface area contributed by atoms with Crippen molar-refractivity contribution in [3.63, 3.8) is 0 Å². The molecule has 0 aliphatic carbocycles. The molecule has 6 nitrogen and oxygen atoms in total. The van der Waals surface area contributed by atoms with Gasteiger partial charge in [-0.1, -0.05) is 0 Å². The standard InChI is InChI=1S/C11H19F3N2O4/c1-10(2,3)20-9(18)16-6-4-5-15-8(17)19-7-11(12,13)14/h4-7H2,1-3H3,(H,15,17)(H,16,18). The topological polar surface area (TPSA) is 76.7 Å². The van der Waals surface area contributed by atoms with Crippen LogP contribution in [0, 0.1) is 0 Å². The fourth-order valence-corrected chi connectivity index (χ4v) is 0.982. The zero-order valence-corrected chi connectivity index (χ0v) is 11.6. The van der Waals surface area contributed by atoms with Gasteiger partial charge in [0.1, 0.15) is 5.60 Å². The van der Waals surface area contributed by atoms with E-state index in [-0.39, 0.29) is 13.1 Å². The molecular formula is C11H19F3N2O4. The lowest BCUT2D eigenvalue weighted by Crippen LogP contribution is -2.35. The number of ether oxygens (including phenoxy) is 2. The van der Waals surface area contributed by atoms with Crippen LogP contribution in [0.2, 0.25) is 0 Å². The van der Waals surface area contributed by atoms with Gasteiger partial charge in [0.15, 0.2) is 6.61 Å². The highest BCUT2D eigenvalue weighted by atomic mass is 19.4. The molecule has 0 radical (unpaired) electrons. The van der Waals surface area contributed by atoms with Gasteiger partial charge in [0, 0.05) is 13.1 Å². The van der Waals surface area contributed by atoms with Crippen LogP contribution >= 0.6 is 0 Å². The van der Waals surface area contributed by atoms with Crippen molar-refractivity contribution in [1.29, 1.82) is 0 Å². The molecule has 0 aliphatic heterocycles. The van der Waals surface area contributed by atoms with E-state index in [9.17, 15) is 22.8 Å². The largest absolute Gasteiger partial charge is 0.444 e. The Morgan fingerprint density at radius 1 is 1.00 bits per heavy atom. The van der Waals surface area contributed by atoms with E-state index in [2.05, 4.69) is 15.4 Å². The van der Waals surface area contributed by atoms with E-state index in [4.69, 9.17) is 4.74 Å². The zero-order valence-electron chi connectivity index (χ0n) is 11.6. The number of nitrogens with one attached hydrogen (secondary N) is 2. The van der Waals surface area contributed by atoms with Crippen molar-refractivity contribution in [3.8, 4) is 0 Å². The number of alkyl carbamates (subject to hydrolysis) is 2. The maximum Gasteiger partial charge on any atom is 0.422 e. The molecule has 0 spiro atoms. The Bertz CT molecular complexity index is 327. The lowest BCUT2D eigenvalue weighted by molar-refractivity contribution is -0.160. The van der Waals surface area contributed by atoms with Gasteiger partial charge in [0.05, 0.1) is 0 Å². The van der Waals surface area contributed by atoms with Gasteiger partial charge in [-0.05, 0) is 27.2 Å². The third-order valence-electron chi connectivity index (χ3n) is 1.66. The number of hydrogen-bond donors (Lipinski definition) is 2. The van der Waals surface area contributed by atoms with Crippen LogP contribution in [0.4, 0.5) is 22.8 Å². The van der Waals surface area contributed by atoms with Crippen molar-refractivity contribution in [2.24, 2.45) is 0 Å². The van der Waals surface area contributed by atoms with Crippen molar-refractivity contribution < 1.29 is 32.2 Å². The van der Waals surface area contributed by atoms with E-state index in [0.29, 0.717) is 6.42 Å². The minimum atomic E-state index is -4.55. The SMILES string of the molecule is CC(C)(C)OC(=O)NCCCNC(=O)OCC(F)(F)F. The summed E-state index contributed by atoms with van der Waals surface area (Å²) in [5.41, 5.74) is -0.607. The molecule has 0 heterocycles. The fraction of sp³-hybridized carbons (Fsp3) is 0.818. The van der Waals surface area contributed by atoms with Gasteiger partial charge < -0.3 is 20.1 Å². The number of carbonyl (C=O) groups excluding carboxylic acids is 2. The average molecular weight is 300 g/mol. The Morgan fingerprint density at radius 2 is 1.50 bits per heavy atom. The van der Waals surface area contributed by atoms with Crippen LogP contribution < -0.4 is 10.6 Å². The van der Waals surface area contributed by atoms with Crippen LogP contribution in [0.3, 0.4) is 0 Å². The summed E-state index contributed by atoms with van der Waals surface area (Å²) in [5.74, 6) is 0. The number of carbonyl (C=O) groups is 2. The number of halogens is 3. The van der Waals surface area contributed by atoms with Crippen molar-refractivity contribution in [1.82, 2.24) is 10.6 Å². The molecule has 0 aromatic carbocycles. The Kier molecular flexibility index (Phi) is 7.16. The van der Waals surface area contributed by atoms with Gasteiger partial charge in [-0.3, -0.25) is 0 Å². The van der Waals surface area contributed by atoms with Crippen LogP contribution in [-0.4, -0.2) is 43.7 Å². The highest BCUT2D eigenvalue weighted by molar-refractivity contribution is 5.68. The lowest BCUT2D eigenvalue weighted by atomic mass is 10.2. The molecule has 20 heavy (non-hydrogen) atoms. The smallest absolute Gasteiger partial charge is 0.422 e. The number of hydrogen-bond acceptors (Lipinski definition) is 4. The van der Waals surface area contributed by atoms with Crippen molar-refractivity contribution in [2.75, 3.05) is 19.7 Å². The van der Waals surface area contributed by atoms with E-state index in [1.165, 1.54) is 0 Å². The maximum atomic E-state index is 11.7. The van der Waals surface area contributed by atoms with E-state index in [1.807, 2.05) is 0 Å². The highest BCUT2D eigenvalue weighted by Crippen LogP contribution is 2.14. The van der Waals surface area contributed by atoms with E-state index >= 15 is 0 Å². The number of rotatable bonds is 5. The van der Waals surface area contributed by atoms with Gasteiger partial charge in [-0.15, -0.1) is 0 Å². The Hall–Kier alpha value is -1.67. The number of alkyl halides is 3. The molecule has 0 saturated carbocycles. The molecule has 118 valence electrons. The second kappa shape index (κ2) is 7.81. The van der Waals surface area contributed by atoms with Gasteiger partial charge in [0.2, 0.25) is 0 Å². The van der Waals surface area contributed by atoms with Crippen LogP contribution in [-0.2, 0) is 9.47 Å². The first-order chi connectivity index (χ1) is 8.99. The Morgan fingerprint density at radius 3 is 1.95 bits per heavy atom. The second-order valence-corrected chi connectivity index (χ2v) is 4.90. The Labute approximate surface area is 115 Å². The lowest BCUT2D eigenvalue weighted by Gasteiger charge is -2.19. The highest BCUT2D eigenvalue weighted by Gasteiger charge is 2.29. The average Bonchev–Trinajstić information content (AvgIpc) is 2.22. The molecule has 9 heteroatoms. The molecule has 0 rings (SSSR count). The van der Waals surface area contributed by atoms with Crippen LogP contribution in [0.1, 0.15) is 27.2 Å². The van der Waals surface area contributed by atoms with E-state index in [1.54, 1.807) is 20.8 Å². The first kappa shape index (κ1) is 18.3. The van der Waals surface area contributed by atoms with Gasteiger partial charge in [-0.2, -0.15) is 13.2 Å². The van der Waals surface area contributed by atoms with Gasteiger partial charge >= 0.3 is 18.4 Å². The molecule has 2 N–H and O–H groups in total. The molecule has 0 unspecified atom stereocenters. The second-order valence-electron chi connectivity index (χ2n) is 4.90. The molecular weight excluding hydrogens is 281 g/mol. The summed E-state index contributed by atoms with van der Waals surface area (Å²) >= 11 is 0. The summed E-state index contributed by atoms with van der Waals surface area (Å²) in [6.45, 7) is 3.80. The van der Waals surface area contributed by atoms with Crippen molar-refractivity contribution >= 4 is 12.2 Å². The van der Waals surface area contributed by atoms with Crippen LogP contribution in [0.5, 0.6) is 0 Å². The Balaban J connectivity index is 3.58. The first-order valence-electron chi connectivity index (χ1n) is 5.94. The third-order valence-corrected chi connectivity index (χ3v) is 1.66. The third kappa shape index (κ3) is 12.8. The predicted molar refractivity (Wildman–Crippen MR) is 64.3 cm³/mol. The summed E-state index contributed by atoms with van der Waals surface area (Å²) in [6.07, 6.45) is -5.97. The van der Waals surface area contributed by atoms with E-state index < -0.39 is 30.6 Å². The summed E-state index contributed by atoms with van der Waals surface area (Å²) < 4.78 is 44.0. The van der Waals surface area contributed by atoms with Gasteiger partial charge in [0.25, 0.3) is 0 Å². The zero-order chi connectivity index (χ0) is 15.8. The summed E-state index contributed by atoms with van der Waals surface area (Å²) in [5, 5.41) is 4.56. The van der Waals surface area contributed by atoms with Crippen LogP contribution in [0.25, 0.3) is 0 Å². The normalized spacial score (nSPS) is 11.7. The quantitative estimate of drug-likeness (QED) is 0.763. The molecule has 0 saturated heterocycles. The summed E-state index contributed by atoms with van der Waals surface area (Å²) in [6, 6.07) is 0. The predicted octanol–water partition coefficient (Wildman–Crippen LogP) is 2.19. The molecule has 0 aromatic rings. The molecule has 0 aromatic heterocycles. The molecule has 0 fully saturated rings. The van der Waals surface area contributed by atoms with E-state index in [0.717, 1.165) is 0 Å². The number of amides is 2. The van der Waals surface area contributed by atoms with Gasteiger partial charge in [-0.25, -0.2) is 9.59 Å². The maximum absolute atomic E-state index is 11.7. The summed E-state index contributed by atoms with van der Waals surface area (Å²) in [4.78, 5) is 22.0. The minimum Gasteiger partial charge on any atom is -0.444 e.